The summed E-state index contributed by atoms with van der Waals surface area (Å²) in [5.74, 6) is 0.326. The molecule has 0 radical (unpaired) electrons. The maximum atomic E-state index is 13.5. The molecule has 0 aliphatic heterocycles. The van der Waals surface area contributed by atoms with E-state index in [1.165, 1.54) is 6.07 Å². The Morgan fingerprint density at radius 2 is 1.87 bits per heavy atom. The van der Waals surface area contributed by atoms with Crippen molar-refractivity contribution in [1.82, 2.24) is 5.32 Å². The van der Waals surface area contributed by atoms with Crippen molar-refractivity contribution in [2.45, 2.75) is 13.3 Å². The third-order valence-corrected chi connectivity index (χ3v) is 3.30. The van der Waals surface area contributed by atoms with E-state index in [0.29, 0.717) is 30.9 Å². The Kier molecular flexibility index (Phi) is 6.41. The van der Waals surface area contributed by atoms with E-state index in [1.54, 1.807) is 18.2 Å². The highest BCUT2D eigenvalue weighted by Crippen LogP contribution is 2.23. The smallest absolute Gasteiger partial charge is 0.239 e. The molecule has 0 atom stereocenters. The van der Waals surface area contributed by atoms with Crippen LogP contribution < -0.4 is 15.4 Å². The Bertz CT molecular complexity index is 646. The topological polar surface area (TPSA) is 50.4 Å². The van der Waals surface area contributed by atoms with Gasteiger partial charge >= 0.3 is 0 Å². The van der Waals surface area contributed by atoms with Crippen molar-refractivity contribution in [3.63, 3.8) is 0 Å². The quantitative estimate of drug-likeness (QED) is 0.787. The summed E-state index contributed by atoms with van der Waals surface area (Å²) in [5.41, 5.74) is 1.38. The molecule has 122 valence electrons. The van der Waals surface area contributed by atoms with Gasteiger partial charge in [-0.2, -0.15) is 0 Å². The zero-order valence-corrected chi connectivity index (χ0v) is 13.1. The number of hydrogen-bond donors (Lipinski definition) is 2. The number of carbonyl (C=O) groups is 1. The second-order valence-electron chi connectivity index (χ2n) is 4.97. The molecule has 2 N–H and O–H groups in total. The molecule has 0 aliphatic rings. The molecule has 4 nitrogen and oxygen atoms in total. The van der Waals surface area contributed by atoms with Crippen LogP contribution in [-0.2, 0) is 11.2 Å². The Balaban J connectivity index is 1.76. The molecule has 0 aromatic heterocycles. The third kappa shape index (κ3) is 5.29. The molecule has 0 saturated carbocycles. The van der Waals surface area contributed by atoms with Gasteiger partial charge in [-0.15, -0.1) is 0 Å². The number of hydrogen-bond acceptors (Lipinski definition) is 3. The van der Waals surface area contributed by atoms with Crippen molar-refractivity contribution >= 4 is 11.6 Å². The molecule has 2 aromatic carbocycles. The Hall–Kier alpha value is -2.56. The summed E-state index contributed by atoms with van der Waals surface area (Å²) in [6.07, 6.45) is 0.466. The van der Waals surface area contributed by atoms with E-state index >= 15 is 0 Å². The lowest BCUT2D eigenvalue weighted by Crippen LogP contribution is -2.31. The zero-order valence-electron chi connectivity index (χ0n) is 13.1. The molecule has 2 aromatic rings. The van der Waals surface area contributed by atoms with Gasteiger partial charge < -0.3 is 15.4 Å². The van der Waals surface area contributed by atoms with Gasteiger partial charge in [0, 0.05) is 6.54 Å². The highest BCUT2D eigenvalue weighted by atomic mass is 19.1. The lowest BCUT2D eigenvalue weighted by molar-refractivity contribution is -0.119. The van der Waals surface area contributed by atoms with Crippen LogP contribution in [0.15, 0.2) is 48.5 Å². The highest BCUT2D eigenvalue weighted by Gasteiger charge is 2.06. The molecule has 0 spiro atoms. The molecular formula is C18H21FN2O2. The molecule has 2 rings (SSSR count). The molecule has 0 unspecified atom stereocenters. The summed E-state index contributed by atoms with van der Waals surface area (Å²) >= 11 is 0. The predicted octanol–water partition coefficient (Wildman–Crippen LogP) is 3.00. The molecule has 0 saturated heterocycles. The van der Waals surface area contributed by atoms with Crippen molar-refractivity contribution in [2.24, 2.45) is 0 Å². The minimum Gasteiger partial charge on any atom is -0.492 e. The Labute approximate surface area is 135 Å². The van der Waals surface area contributed by atoms with Crippen molar-refractivity contribution in [3.8, 4) is 5.75 Å². The van der Waals surface area contributed by atoms with Crippen LogP contribution in [0.4, 0.5) is 10.1 Å². The molecule has 0 aliphatic carbocycles. The number of halogens is 1. The van der Waals surface area contributed by atoms with Gasteiger partial charge in [0.2, 0.25) is 5.91 Å². The number of anilines is 1. The summed E-state index contributed by atoms with van der Waals surface area (Å²) in [5, 5.41) is 5.82. The summed E-state index contributed by atoms with van der Waals surface area (Å²) in [7, 11) is 0. The van der Waals surface area contributed by atoms with Crippen LogP contribution in [0.1, 0.15) is 12.5 Å². The first kappa shape index (κ1) is 16.8. The van der Waals surface area contributed by atoms with Gasteiger partial charge in [-0.1, -0.05) is 30.3 Å². The maximum absolute atomic E-state index is 13.5. The Morgan fingerprint density at radius 3 is 2.65 bits per heavy atom. The largest absolute Gasteiger partial charge is 0.492 e. The SMILES string of the molecule is CCOc1ccccc1NCC(=O)NCCc1ccccc1F. The van der Waals surface area contributed by atoms with E-state index < -0.39 is 0 Å². The highest BCUT2D eigenvalue weighted by molar-refractivity contribution is 5.81. The lowest BCUT2D eigenvalue weighted by Gasteiger charge is -2.12. The monoisotopic (exact) mass is 316 g/mol. The standard InChI is InChI=1S/C18H21FN2O2/c1-2-23-17-10-6-5-9-16(17)21-13-18(22)20-12-11-14-7-3-4-8-15(14)19/h3-10,21H,2,11-13H2,1H3,(H,20,22). The van der Waals surface area contributed by atoms with E-state index in [4.69, 9.17) is 4.74 Å². The number of ether oxygens (including phenoxy) is 1. The second kappa shape index (κ2) is 8.78. The average molecular weight is 316 g/mol. The van der Waals surface area contributed by atoms with E-state index in [1.807, 2.05) is 31.2 Å². The van der Waals surface area contributed by atoms with Crippen LogP contribution in [0.2, 0.25) is 0 Å². The number of carbonyl (C=O) groups excluding carboxylic acids is 1. The minimum atomic E-state index is -0.245. The van der Waals surface area contributed by atoms with Gasteiger partial charge in [-0.3, -0.25) is 4.79 Å². The van der Waals surface area contributed by atoms with E-state index in [0.717, 1.165) is 5.69 Å². The molecule has 0 bridgehead atoms. The molecule has 0 fully saturated rings. The molecular weight excluding hydrogens is 295 g/mol. The van der Waals surface area contributed by atoms with Crippen LogP contribution >= 0.6 is 0 Å². The summed E-state index contributed by atoms with van der Waals surface area (Å²) < 4.78 is 18.9. The van der Waals surface area contributed by atoms with E-state index in [2.05, 4.69) is 10.6 Å². The fourth-order valence-electron chi connectivity index (χ4n) is 2.17. The molecule has 0 heterocycles. The van der Waals surface area contributed by atoms with Crippen LogP contribution in [0.3, 0.4) is 0 Å². The maximum Gasteiger partial charge on any atom is 0.239 e. The van der Waals surface area contributed by atoms with E-state index in [9.17, 15) is 9.18 Å². The van der Waals surface area contributed by atoms with Gasteiger partial charge in [0.05, 0.1) is 18.8 Å². The first-order valence-corrected chi connectivity index (χ1v) is 7.66. The van der Waals surface area contributed by atoms with Crippen molar-refractivity contribution in [1.29, 1.82) is 0 Å². The van der Waals surface area contributed by atoms with Crippen molar-refractivity contribution in [3.05, 3.63) is 59.9 Å². The molecule has 23 heavy (non-hydrogen) atoms. The predicted molar refractivity (Wildman–Crippen MR) is 89.2 cm³/mol. The fourth-order valence-corrected chi connectivity index (χ4v) is 2.17. The van der Waals surface area contributed by atoms with Crippen molar-refractivity contribution < 1.29 is 13.9 Å². The first-order chi connectivity index (χ1) is 11.2. The van der Waals surface area contributed by atoms with Crippen LogP contribution in [0.25, 0.3) is 0 Å². The molecule has 1 amide bonds. The Morgan fingerprint density at radius 1 is 1.13 bits per heavy atom. The summed E-state index contributed by atoms with van der Waals surface area (Å²) in [6.45, 7) is 3.01. The van der Waals surface area contributed by atoms with Gasteiger partial charge in [0.25, 0.3) is 0 Å². The van der Waals surface area contributed by atoms with Crippen LogP contribution in [-0.4, -0.2) is 25.6 Å². The number of para-hydroxylation sites is 2. The minimum absolute atomic E-state index is 0.140. The van der Waals surface area contributed by atoms with Crippen LogP contribution in [0.5, 0.6) is 5.75 Å². The molecule has 5 heteroatoms. The van der Waals surface area contributed by atoms with Crippen molar-refractivity contribution in [2.75, 3.05) is 25.0 Å². The van der Waals surface area contributed by atoms with Gasteiger partial charge in [-0.05, 0) is 37.1 Å². The van der Waals surface area contributed by atoms with Gasteiger partial charge in [-0.25, -0.2) is 4.39 Å². The van der Waals surface area contributed by atoms with Gasteiger partial charge in [0.15, 0.2) is 0 Å². The zero-order chi connectivity index (χ0) is 16.5. The average Bonchev–Trinajstić information content (AvgIpc) is 2.56. The third-order valence-electron chi connectivity index (χ3n) is 3.30. The first-order valence-electron chi connectivity index (χ1n) is 7.66. The lowest BCUT2D eigenvalue weighted by atomic mass is 10.1. The number of amides is 1. The number of nitrogens with one attached hydrogen (secondary N) is 2. The summed E-state index contributed by atoms with van der Waals surface area (Å²) in [4.78, 5) is 11.9. The second-order valence-corrected chi connectivity index (χ2v) is 4.97. The number of rotatable bonds is 8. The normalized spacial score (nSPS) is 10.2. The summed E-state index contributed by atoms with van der Waals surface area (Å²) in [6, 6.07) is 14.0. The van der Waals surface area contributed by atoms with Crippen LogP contribution in [0, 0.1) is 5.82 Å². The van der Waals surface area contributed by atoms with Gasteiger partial charge in [0.1, 0.15) is 11.6 Å². The fraction of sp³-hybridized carbons (Fsp3) is 0.278. The number of benzene rings is 2. The van der Waals surface area contributed by atoms with E-state index in [-0.39, 0.29) is 18.3 Å².